The number of nitrogens with one attached hydrogen (secondary N) is 1. The van der Waals surface area contributed by atoms with Gasteiger partial charge in [-0.3, -0.25) is 0 Å². The second kappa shape index (κ2) is 5.08. The molecule has 5 nitrogen and oxygen atoms in total. The van der Waals surface area contributed by atoms with Crippen LogP contribution in [0.4, 0.5) is 0 Å². The highest BCUT2D eigenvalue weighted by atomic mass is 16.5. The SMILES string of the molecule is CCOC(=O)C1=C(C)NC(N)=NC1C1C=CC=C1. The summed E-state index contributed by atoms with van der Waals surface area (Å²) in [6.45, 7) is 3.94. The quantitative estimate of drug-likeness (QED) is 0.725. The number of esters is 1. The van der Waals surface area contributed by atoms with E-state index in [0.717, 1.165) is 0 Å². The van der Waals surface area contributed by atoms with Crippen molar-refractivity contribution in [1.29, 1.82) is 0 Å². The zero-order valence-corrected chi connectivity index (χ0v) is 10.5. The number of carbonyl (C=O) groups is 1. The van der Waals surface area contributed by atoms with Crippen LogP contribution in [-0.2, 0) is 9.53 Å². The van der Waals surface area contributed by atoms with E-state index in [1.54, 1.807) is 6.92 Å². The molecular formula is C13H17N3O2. The van der Waals surface area contributed by atoms with Gasteiger partial charge in [-0.05, 0) is 13.8 Å². The van der Waals surface area contributed by atoms with E-state index in [4.69, 9.17) is 10.5 Å². The van der Waals surface area contributed by atoms with Crippen molar-refractivity contribution >= 4 is 11.9 Å². The molecule has 3 N–H and O–H groups in total. The molecule has 2 rings (SSSR count). The van der Waals surface area contributed by atoms with Crippen LogP contribution in [0.5, 0.6) is 0 Å². The Morgan fingerprint density at radius 3 is 2.78 bits per heavy atom. The molecule has 0 saturated carbocycles. The van der Waals surface area contributed by atoms with Crippen LogP contribution in [0.1, 0.15) is 13.8 Å². The van der Waals surface area contributed by atoms with Crippen LogP contribution < -0.4 is 11.1 Å². The van der Waals surface area contributed by atoms with E-state index in [9.17, 15) is 4.79 Å². The van der Waals surface area contributed by atoms with E-state index >= 15 is 0 Å². The number of guanidine groups is 1. The number of nitrogens with two attached hydrogens (primary N) is 1. The van der Waals surface area contributed by atoms with Gasteiger partial charge in [-0.25, -0.2) is 9.79 Å². The molecule has 18 heavy (non-hydrogen) atoms. The Balaban J connectivity index is 2.32. The maximum absolute atomic E-state index is 12.0. The van der Waals surface area contributed by atoms with Crippen molar-refractivity contribution in [3.8, 4) is 0 Å². The van der Waals surface area contributed by atoms with Crippen molar-refractivity contribution in [3.05, 3.63) is 35.6 Å². The fourth-order valence-corrected chi connectivity index (χ4v) is 2.15. The van der Waals surface area contributed by atoms with Gasteiger partial charge in [0.25, 0.3) is 0 Å². The molecule has 2 aliphatic rings. The molecule has 1 heterocycles. The lowest BCUT2D eigenvalue weighted by Gasteiger charge is -2.26. The summed E-state index contributed by atoms with van der Waals surface area (Å²) in [4.78, 5) is 16.3. The summed E-state index contributed by atoms with van der Waals surface area (Å²) < 4.78 is 5.08. The molecule has 1 aliphatic carbocycles. The number of hydrogen-bond acceptors (Lipinski definition) is 5. The van der Waals surface area contributed by atoms with Crippen LogP contribution in [-0.4, -0.2) is 24.6 Å². The first-order valence-corrected chi connectivity index (χ1v) is 5.96. The van der Waals surface area contributed by atoms with Gasteiger partial charge in [0.1, 0.15) is 0 Å². The molecule has 0 amide bonds. The summed E-state index contributed by atoms with van der Waals surface area (Å²) >= 11 is 0. The highest BCUT2D eigenvalue weighted by Gasteiger charge is 2.32. The minimum absolute atomic E-state index is 0.0556. The Labute approximate surface area is 106 Å². The molecule has 0 aromatic heterocycles. The second-order valence-electron chi connectivity index (χ2n) is 4.19. The number of aliphatic imine (C=N–C) groups is 1. The Bertz CT molecular complexity index is 463. The number of nitrogens with zero attached hydrogens (tertiary/aromatic N) is 1. The predicted octanol–water partition coefficient (Wildman–Crippen LogP) is 0.852. The van der Waals surface area contributed by atoms with Gasteiger partial charge in [0.15, 0.2) is 5.96 Å². The van der Waals surface area contributed by atoms with Gasteiger partial charge < -0.3 is 15.8 Å². The molecule has 1 unspecified atom stereocenters. The predicted molar refractivity (Wildman–Crippen MR) is 69.6 cm³/mol. The van der Waals surface area contributed by atoms with Gasteiger partial charge in [-0.15, -0.1) is 0 Å². The zero-order valence-electron chi connectivity index (χ0n) is 10.5. The Morgan fingerprint density at radius 1 is 1.50 bits per heavy atom. The van der Waals surface area contributed by atoms with Crippen molar-refractivity contribution in [1.82, 2.24) is 5.32 Å². The fourth-order valence-electron chi connectivity index (χ4n) is 2.15. The maximum Gasteiger partial charge on any atom is 0.337 e. The number of ether oxygens (including phenoxy) is 1. The number of carbonyl (C=O) groups excluding carboxylic acids is 1. The van der Waals surface area contributed by atoms with Gasteiger partial charge in [0, 0.05) is 11.6 Å². The molecule has 1 atom stereocenters. The molecule has 5 heteroatoms. The monoisotopic (exact) mass is 247 g/mol. The third kappa shape index (κ3) is 2.30. The van der Waals surface area contributed by atoms with Gasteiger partial charge in [-0.1, -0.05) is 24.3 Å². The highest BCUT2D eigenvalue weighted by molar-refractivity contribution is 5.94. The van der Waals surface area contributed by atoms with E-state index in [-0.39, 0.29) is 17.9 Å². The maximum atomic E-state index is 12.0. The van der Waals surface area contributed by atoms with E-state index in [1.165, 1.54) is 0 Å². The molecular weight excluding hydrogens is 230 g/mol. The summed E-state index contributed by atoms with van der Waals surface area (Å²) in [6.07, 6.45) is 7.88. The molecule has 0 spiro atoms. The normalized spacial score (nSPS) is 23.0. The van der Waals surface area contributed by atoms with E-state index in [2.05, 4.69) is 10.3 Å². The van der Waals surface area contributed by atoms with Crippen molar-refractivity contribution in [2.75, 3.05) is 6.61 Å². The second-order valence-corrected chi connectivity index (χ2v) is 4.19. The smallest absolute Gasteiger partial charge is 0.337 e. The lowest BCUT2D eigenvalue weighted by molar-refractivity contribution is -0.139. The van der Waals surface area contributed by atoms with E-state index in [0.29, 0.717) is 23.8 Å². The van der Waals surface area contributed by atoms with E-state index in [1.807, 2.05) is 31.2 Å². The first-order valence-electron chi connectivity index (χ1n) is 5.96. The van der Waals surface area contributed by atoms with Gasteiger partial charge in [0.05, 0.1) is 18.2 Å². The molecule has 0 aromatic carbocycles. The standard InChI is InChI=1S/C13H17N3O2/c1-3-18-12(17)10-8(2)15-13(14)16-11(10)9-6-4-5-7-9/h4-7,9,11H,3H2,1-2H3,(H3,14,15,16). The minimum atomic E-state index is -0.336. The molecule has 0 aromatic rings. The highest BCUT2D eigenvalue weighted by Crippen LogP contribution is 2.27. The van der Waals surface area contributed by atoms with Gasteiger partial charge in [-0.2, -0.15) is 0 Å². The first kappa shape index (κ1) is 12.4. The molecule has 0 fully saturated rings. The largest absolute Gasteiger partial charge is 0.463 e. The lowest BCUT2D eigenvalue weighted by atomic mass is 9.92. The Hall–Kier alpha value is -2.04. The molecule has 96 valence electrons. The molecule has 1 aliphatic heterocycles. The summed E-state index contributed by atoms with van der Waals surface area (Å²) in [5.41, 5.74) is 6.98. The van der Waals surface area contributed by atoms with Gasteiger partial charge in [0.2, 0.25) is 0 Å². The number of allylic oxidation sites excluding steroid dienone is 3. The number of rotatable bonds is 3. The number of hydrogen-bond donors (Lipinski definition) is 2. The van der Waals surface area contributed by atoms with Gasteiger partial charge >= 0.3 is 5.97 Å². The Morgan fingerprint density at radius 2 is 2.17 bits per heavy atom. The van der Waals surface area contributed by atoms with Crippen LogP contribution in [0, 0.1) is 5.92 Å². The summed E-state index contributed by atoms with van der Waals surface area (Å²) in [5.74, 6) is 0.0525. The zero-order chi connectivity index (χ0) is 13.1. The summed E-state index contributed by atoms with van der Waals surface area (Å²) in [7, 11) is 0. The molecule has 0 bridgehead atoms. The average molecular weight is 247 g/mol. The van der Waals surface area contributed by atoms with Crippen LogP contribution in [0.2, 0.25) is 0 Å². The summed E-state index contributed by atoms with van der Waals surface area (Å²) in [5, 5.41) is 2.88. The van der Waals surface area contributed by atoms with Crippen molar-refractivity contribution in [2.24, 2.45) is 16.6 Å². The fraction of sp³-hybridized carbons (Fsp3) is 0.385. The van der Waals surface area contributed by atoms with Crippen LogP contribution in [0.25, 0.3) is 0 Å². The van der Waals surface area contributed by atoms with Crippen molar-refractivity contribution in [3.63, 3.8) is 0 Å². The van der Waals surface area contributed by atoms with Crippen LogP contribution in [0.3, 0.4) is 0 Å². The topological polar surface area (TPSA) is 76.7 Å². The van der Waals surface area contributed by atoms with E-state index < -0.39 is 0 Å². The summed E-state index contributed by atoms with van der Waals surface area (Å²) in [6, 6.07) is -0.305. The minimum Gasteiger partial charge on any atom is -0.463 e. The Kier molecular flexibility index (Phi) is 3.50. The lowest BCUT2D eigenvalue weighted by Crippen LogP contribution is -2.41. The first-order chi connectivity index (χ1) is 8.63. The molecule has 0 saturated heterocycles. The van der Waals surface area contributed by atoms with Crippen molar-refractivity contribution in [2.45, 2.75) is 19.9 Å². The third-order valence-corrected chi connectivity index (χ3v) is 2.93. The third-order valence-electron chi connectivity index (χ3n) is 2.93. The van der Waals surface area contributed by atoms with Crippen LogP contribution >= 0.6 is 0 Å². The average Bonchev–Trinajstić information content (AvgIpc) is 2.81. The molecule has 0 radical (unpaired) electrons. The van der Waals surface area contributed by atoms with Crippen molar-refractivity contribution < 1.29 is 9.53 Å². The van der Waals surface area contributed by atoms with Crippen LogP contribution in [0.15, 0.2) is 40.6 Å².